The molecule has 0 bridgehead atoms. The van der Waals surface area contributed by atoms with Gasteiger partial charge >= 0.3 is 6.03 Å². The van der Waals surface area contributed by atoms with Crippen molar-refractivity contribution in [2.75, 3.05) is 11.1 Å². The van der Waals surface area contributed by atoms with Crippen LogP contribution in [0.1, 0.15) is 25.7 Å². The van der Waals surface area contributed by atoms with Gasteiger partial charge in [0.15, 0.2) is 5.13 Å². The van der Waals surface area contributed by atoms with E-state index in [-0.39, 0.29) is 6.03 Å². The summed E-state index contributed by atoms with van der Waals surface area (Å²) in [5, 5.41) is 6.38. The first-order chi connectivity index (χ1) is 9.20. The number of nitrogens with one attached hydrogen (secondary N) is 2. The number of carbonyl (C=O) groups is 1. The Balaban J connectivity index is 1.68. The zero-order valence-corrected chi connectivity index (χ0v) is 11.3. The Kier molecular flexibility index (Phi) is 3.25. The molecule has 3 rings (SSSR count). The largest absolute Gasteiger partial charge is 0.399 e. The molecular weight excluding hydrogens is 260 g/mol. The summed E-state index contributed by atoms with van der Waals surface area (Å²) in [4.78, 5) is 16.2. The highest BCUT2D eigenvalue weighted by atomic mass is 32.1. The van der Waals surface area contributed by atoms with E-state index in [1.165, 1.54) is 24.2 Å². The second kappa shape index (κ2) is 5.05. The predicted molar refractivity (Wildman–Crippen MR) is 78.4 cm³/mol. The topological polar surface area (TPSA) is 80.0 Å². The van der Waals surface area contributed by atoms with Gasteiger partial charge in [-0.05, 0) is 31.0 Å². The minimum Gasteiger partial charge on any atom is -0.399 e. The molecule has 1 saturated carbocycles. The Hall–Kier alpha value is -1.82. The Morgan fingerprint density at radius 1 is 1.37 bits per heavy atom. The lowest BCUT2D eigenvalue weighted by Crippen LogP contribution is -2.36. The Labute approximate surface area is 115 Å². The third kappa shape index (κ3) is 2.78. The van der Waals surface area contributed by atoms with Crippen molar-refractivity contribution in [2.24, 2.45) is 0 Å². The minimum atomic E-state index is -0.168. The van der Waals surface area contributed by atoms with E-state index in [0.29, 0.717) is 16.9 Å². The summed E-state index contributed by atoms with van der Waals surface area (Å²) in [6.07, 6.45) is 4.55. The van der Waals surface area contributed by atoms with Crippen LogP contribution in [-0.2, 0) is 0 Å². The van der Waals surface area contributed by atoms with Gasteiger partial charge in [-0.3, -0.25) is 5.32 Å². The summed E-state index contributed by atoms with van der Waals surface area (Å²) in [5.41, 5.74) is 7.29. The molecule has 2 aromatic rings. The maximum absolute atomic E-state index is 11.8. The number of nitrogen functional groups attached to an aromatic ring is 1. The van der Waals surface area contributed by atoms with E-state index in [1.807, 2.05) is 18.2 Å². The number of nitrogens with two attached hydrogens (primary N) is 1. The number of rotatable bonds is 2. The fourth-order valence-corrected chi connectivity index (χ4v) is 3.29. The number of anilines is 2. The molecule has 1 aromatic heterocycles. The highest BCUT2D eigenvalue weighted by Crippen LogP contribution is 2.27. The van der Waals surface area contributed by atoms with Crippen LogP contribution in [0.25, 0.3) is 10.2 Å². The molecule has 100 valence electrons. The van der Waals surface area contributed by atoms with Gasteiger partial charge in [0.1, 0.15) is 0 Å². The number of fused-ring (bicyclic) bond motifs is 1. The summed E-state index contributed by atoms with van der Waals surface area (Å²) in [7, 11) is 0. The average molecular weight is 276 g/mol. The van der Waals surface area contributed by atoms with Crippen LogP contribution >= 0.6 is 11.3 Å². The number of thiazole rings is 1. The van der Waals surface area contributed by atoms with Crippen molar-refractivity contribution in [3.63, 3.8) is 0 Å². The van der Waals surface area contributed by atoms with E-state index < -0.39 is 0 Å². The highest BCUT2D eigenvalue weighted by molar-refractivity contribution is 7.22. The SMILES string of the molecule is Nc1ccc2nc(NC(=O)NC3CCCC3)sc2c1. The van der Waals surface area contributed by atoms with Crippen LogP contribution in [0.3, 0.4) is 0 Å². The summed E-state index contributed by atoms with van der Waals surface area (Å²) >= 11 is 1.43. The quantitative estimate of drug-likeness (QED) is 0.738. The van der Waals surface area contributed by atoms with Crippen LogP contribution < -0.4 is 16.4 Å². The van der Waals surface area contributed by atoms with Crippen molar-refractivity contribution >= 4 is 38.4 Å². The molecule has 0 spiro atoms. The molecule has 4 N–H and O–H groups in total. The van der Waals surface area contributed by atoms with Gasteiger partial charge in [0.05, 0.1) is 10.2 Å². The summed E-state index contributed by atoms with van der Waals surface area (Å²) in [5.74, 6) is 0. The monoisotopic (exact) mass is 276 g/mol. The smallest absolute Gasteiger partial charge is 0.321 e. The van der Waals surface area contributed by atoms with Crippen LogP contribution in [0.15, 0.2) is 18.2 Å². The van der Waals surface area contributed by atoms with Crippen molar-refractivity contribution in [3.05, 3.63) is 18.2 Å². The number of nitrogens with zero attached hydrogens (tertiary/aromatic N) is 1. The van der Waals surface area contributed by atoms with Crippen LogP contribution in [0.4, 0.5) is 15.6 Å². The molecule has 0 unspecified atom stereocenters. The second-order valence-electron chi connectivity index (χ2n) is 4.83. The maximum Gasteiger partial charge on any atom is 0.321 e. The number of aromatic nitrogens is 1. The molecule has 1 aromatic carbocycles. The van der Waals surface area contributed by atoms with Crippen LogP contribution in [0.2, 0.25) is 0 Å². The average Bonchev–Trinajstić information content (AvgIpc) is 2.97. The third-order valence-corrected chi connectivity index (χ3v) is 4.26. The van der Waals surface area contributed by atoms with Gasteiger partial charge in [0, 0.05) is 11.7 Å². The van der Waals surface area contributed by atoms with Gasteiger partial charge in [-0.25, -0.2) is 9.78 Å². The van der Waals surface area contributed by atoms with Gasteiger partial charge in [0.2, 0.25) is 0 Å². The van der Waals surface area contributed by atoms with Gasteiger partial charge in [-0.2, -0.15) is 0 Å². The first-order valence-electron chi connectivity index (χ1n) is 6.44. The first kappa shape index (κ1) is 12.2. The molecule has 1 aliphatic rings. The minimum absolute atomic E-state index is 0.168. The number of amides is 2. The molecule has 6 heteroatoms. The zero-order chi connectivity index (χ0) is 13.2. The molecule has 5 nitrogen and oxygen atoms in total. The second-order valence-corrected chi connectivity index (χ2v) is 5.86. The van der Waals surface area contributed by atoms with E-state index in [2.05, 4.69) is 15.6 Å². The van der Waals surface area contributed by atoms with E-state index in [4.69, 9.17) is 5.73 Å². The summed E-state index contributed by atoms with van der Waals surface area (Å²) in [6, 6.07) is 5.68. The fraction of sp³-hybridized carbons (Fsp3) is 0.385. The van der Waals surface area contributed by atoms with Gasteiger partial charge in [-0.15, -0.1) is 0 Å². The van der Waals surface area contributed by atoms with Crippen molar-refractivity contribution < 1.29 is 4.79 Å². The van der Waals surface area contributed by atoms with Crippen LogP contribution in [0, 0.1) is 0 Å². The number of benzene rings is 1. The van der Waals surface area contributed by atoms with Gasteiger partial charge in [-0.1, -0.05) is 24.2 Å². The van der Waals surface area contributed by atoms with Gasteiger partial charge in [0.25, 0.3) is 0 Å². The Bertz CT molecular complexity index is 604. The molecule has 1 heterocycles. The molecule has 0 aliphatic heterocycles. The fourth-order valence-electron chi connectivity index (χ4n) is 2.38. The van der Waals surface area contributed by atoms with E-state index in [9.17, 15) is 4.79 Å². The number of hydrogen-bond donors (Lipinski definition) is 3. The zero-order valence-electron chi connectivity index (χ0n) is 10.5. The van der Waals surface area contributed by atoms with Crippen molar-refractivity contribution in [1.82, 2.24) is 10.3 Å². The Morgan fingerprint density at radius 3 is 2.95 bits per heavy atom. The standard InChI is InChI=1S/C13H16N4OS/c14-8-5-6-10-11(7-8)19-13(16-10)17-12(18)15-9-3-1-2-4-9/h5-7,9H,1-4,14H2,(H2,15,16,17,18). The van der Waals surface area contributed by atoms with E-state index in [1.54, 1.807) is 0 Å². The van der Waals surface area contributed by atoms with E-state index >= 15 is 0 Å². The molecule has 19 heavy (non-hydrogen) atoms. The molecule has 1 fully saturated rings. The van der Waals surface area contributed by atoms with Crippen molar-refractivity contribution in [2.45, 2.75) is 31.7 Å². The molecular formula is C13H16N4OS. The number of carbonyl (C=O) groups excluding carboxylic acids is 1. The lowest BCUT2D eigenvalue weighted by atomic mass is 10.3. The van der Waals surface area contributed by atoms with Crippen LogP contribution in [-0.4, -0.2) is 17.1 Å². The van der Waals surface area contributed by atoms with Gasteiger partial charge < -0.3 is 11.1 Å². The van der Waals surface area contributed by atoms with Crippen LogP contribution in [0.5, 0.6) is 0 Å². The molecule has 1 aliphatic carbocycles. The molecule has 0 radical (unpaired) electrons. The van der Waals surface area contributed by atoms with Crippen molar-refractivity contribution in [1.29, 1.82) is 0 Å². The molecule has 0 saturated heterocycles. The lowest BCUT2D eigenvalue weighted by molar-refractivity contribution is 0.248. The first-order valence-corrected chi connectivity index (χ1v) is 7.26. The normalized spacial score (nSPS) is 15.8. The lowest BCUT2D eigenvalue weighted by Gasteiger charge is -2.11. The molecule has 0 atom stereocenters. The van der Waals surface area contributed by atoms with Crippen molar-refractivity contribution in [3.8, 4) is 0 Å². The maximum atomic E-state index is 11.8. The molecule has 2 amide bonds. The Morgan fingerprint density at radius 2 is 2.16 bits per heavy atom. The predicted octanol–water partition coefficient (Wildman–Crippen LogP) is 2.94. The number of urea groups is 1. The summed E-state index contributed by atoms with van der Waals surface area (Å²) < 4.78 is 0.983. The van der Waals surface area contributed by atoms with E-state index in [0.717, 1.165) is 23.1 Å². The highest BCUT2D eigenvalue weighted by Gasteiger charge is 2.17. The summed E-state index contributed by atoms with van der Waals surface area (Å²) in [6.45, 7) is 0. The number of hydrogen-bond acceptors (Lipinski definition) is 4. The third-order valence-electron chi connectivity index (χ3n) is 3.32.